The SMILES string of the molecule is [CH2]C(OCC)(C(=O)O)N(C)C. The maximum Gasteiger partial charge on any atom is 0.351 e. The minimum Gasteiger partial charge on any atom is -0.478 e. The van der Waals surface area contributed by atoms with Crippen LogP contribution in [0, 0.1) is 6.92 Å². The molecule has 0 amide bonds. The molecule has 0 aliphatic heterocycles. The van der Waals surface area contributed by atoms with Crippen molar-refractivity contribution in [2.24, 2.45) is 0 Å². The summed E-state index contributed by atoms with van der Waals surface area (Å²) in [5.41, 5.74) is -1.45. The van der Waals surface area contributed by atoms with Gasteiger partial charge in [-0.25, -0.2) is 4.79 Å². The molecule has 11 heavy (non-hydrogen) atoms. The Kier molecular flexibility index (Phi) is 3.48. The molecular weight excluding hydrogens is 146 g/mol. The van der Waals surface area contributed by atoms with Crippen molar-refractivity contribution >= 4 is 5.97 Å². The lowest BCUT2D eigenvalue weighted by Crippen LogP contribution is -2.51. The number of carboxylic acids is 1. The fourth-order valence-electron chi connectivity index (χ4n) is 0.621. The number of hydrogen-bond donors (Lipinski definition) is 1. The summed E-state index contributed by atoms with van der Waals surface area (Å²) in [6.45, 7) is 5.52. The van der Waals surface area contributed by atoms with Crippen LogP contribution in [0.3, 0.4) is 0 Å². The summed E-state index contributed by atoms with van der Waals surface area (Å²) in [4.78, 5) is 12.0. The molecule has 0 spiro atoms. The summed E-state index contributed by atoms with van der Waals surface area (Å²) in [5, 5.41) is 8.70. The third kappa shape index (κ3) is 2.17. The molecule has 65 valence electrons. The fraction of sp³-hybridized carbons (Fsp3) is 0.714. The average Bonchev–Trinajstić information content (AvgIpc) is 1.87. The van der Waals surface area contributed by atoms with Gasteiger partial charge in [-0.1, -0.05) is 0 Å². The zero-order valence-electron chi connectivity index (χ0n) is 7.13. The lowest BCUT2D eigenvalue weighted by molar-refractivity contribution is -0.178. The van der Waals surface area contributed by atoms with E-state index in [0.717, 1.165) is 0 Å². The second-order valence-corrected chi connectivity index (χ2v) is 2.42. The number of hydrogen-bond acceptors (Lipinski definition) is 3. The molecule has 0 heterocycles. The van der Waals surface area contributed by atoms with Crippen molar-refractivity contribution in [2.45, 2.75) is 12.6 Å². The minimum atomic E-state index is -1.45. The van der Waals surface area contributed by atoms with Crippen LogP contribution in [0.25, 0.3) is 0 Å². The first kappa shape index (κ1) is 10.4. The van der Waals surface area contributed by atoms with E-state index < -0.39 is 11.7 Å². The highest BCUT2D eigenvalue weighted by Crippen LogP contribution is 2.12. The van der Waals surface area contributed by atoms with Gasteiger partial charge in [0.1, 0.15) is 0 Å². The van der Waals surface area contributed by atoms with Gasteiger partial charge in [0.25, 0.3) is 0 Å². The van der Waals surface area contributed by atoms with Crippen LogP contribution in [0.1, 0.15) is 6.92 Å². The van der Waals surface area contributed by atoms with E-state index in [1.807, 2.05) is 0 Å². The Balaban J connectivity index is 4.38. The molecule has 4 nitrogen and oxygen atoms in total. The highest BCUT2D eigenvalue weighted by Gasteiger charge is 2.36. The van der Waals surface area contributed by atoms with E-state index >= 15 is 0 Å². The van der Waals surface area contributed by atoms with Crippen LogP contribution < -0.4 is 0 Å². The van der Waals surface area contributed by atoms with Crippen molar-refractivity contribution in [3.05, 3.63) is 6.92 Å². The van der Waals surface area contributed by atoms with Gasteiger partial charge in [-0.2, -0.15) is 0 Å². The summed E-state index contributed by atoms with van der Waals surface area (Å²) < 4.78 is 4.97. The van der Waals surface area contributed by atoms with Crippen molar-refractivity contribution in [2.75, 3.05) is 20.7 Å². The first-order valence-electron chi connectivity index (χ1n) is 3.35. The molecule has 0 bridgehead atoms. The molecule has 0 aromatic carbocycles. The van der Waals surface area contributed by atoms with Gasteiger partial charge in [-0.15, -0.1) is 0 Å². The van der Waals surface area contributed by atoms with Gasteiger partial charge >= 0.3 is 5.97 Å². The molecule has 1 atom stereocenters. The number of rotatable bonds is 4. The molecular formula is C7H14NO3. The van der Waals surface area contributed by atoms with E-state index in [2.05, 4.69) is 6.92 Å². The Morgan fingerprint density at radius 3 is 2.27 bits per heavy atom. The second kappa shape index (κ2) is 3.69. The van der Waals surface area contributed by atoms with Gasteiger partial charge in [0.15, 0.2) is 0 Å². The second-order valence-electron chi connectivity index (χ2n) is 2.42. The van der Waals surface area contributed by atoms with Gasteiger partial charge in [0.2, 0.25) is 5.72 Å². The molecule has 0 fully saturated rings. The van der Waals surface area contributed by atoms with Crippen LogP contribution in [0.15, 0.2) is 0 Å². The van der Waals surface area contributed by atoms with Gasteiger partial charge in [-0.05, 0) is 21.0 Å². The van der Waals surface area contributed by atoms with Crippen LogP contribution in [-0.2, 0) is 9.53 Å². The van der Waals surface area contributed by atoms with Crippen LogP contribution in [0.5, 0.6) is 0 Å². The molecule has 0 aromatic rings. The van der Waals surface area contributed by atoms with Crippen LogP contribution >= 0.6 is 0 Å². The van der Waals surface area contributed by atoms with E-state index in [0.29, 0.717) is 6.61 Å². The summed E-state index contributed by atoms with van der Waals surface area (Å²) in [7, 11) is 3.22. The van der Waals surface area contributed by atoms with Gasteiger partial charge in [0, 0.05) is 13.5 Å². The molecule has 0 aliphatic carbocycles. The maximum atomic E-state index is 10.6. The standard InChI is InChI=1S/C7H14NO3/c1-5-11-7(2,6(9)10)8(3)4/h2,5H2,1,3-4H3,(H,9,10). The first-order chi connectivity index (χ1) is 4.95. The Morgan fingerprint density at radius 1 is 1.73 bits per heavy atom. The number of carbonyl (C=O) groups is 1. The van der Waals surface area contributed by atoms with Crippen LogP contribution in [0.4, 0.5) is 0 Å². The number of ether oxygens (including phenoxy) is 1. The maximum absolute atomic E-state index is 10.6. The highest BCUT2D eigenvalue weighted by molar-refractivity contribution is 5.77. The number of carboxylic acid groups (broad SMARTS) is 1. The van der Waals surface area contributed by atoms with E-state index in [-0.39, 0.29) is 0 Å². The Hall–Kier alpha value is -0.610. The third-order valence-electron chi connectivity index (χ3n) is 1.44. The zero-order valence-corrected chi connectivity index (χ0v) is 7.13. The largest absolute Gasteiger partial charge is 0.478 e. The fourth-order valence-corrected chi connectivity index (χ4v) is 0.621. The van der Waals surface area contributed by atoms with E-state index in [9.17, 15) is 4.79 Å². The zero-order chi connectivity index (χ0) is 9.07. The topological polar surface area (TPSA) is 49.8 Å². The summed E-state index contributed by atoms with van der Waals surface area (Å²) >= 11 is 0. The number of nitrogens with zero attached hydrogens (tertiary/aromatic N) is 1. The first-order valence-corrected chi connectivity index (χ1v) is 3.35. The van der Waals surface area contributed by atoms with Crippen LogP contribution in [0.2, 0.25) is 0 Å². The predicted octanol–water partition coefficient (Wildman–Crippen LogP) is 0.199. The molecule has 0 rings (SSSR count). The summed E-state index contributed by atoms with van der Waals surface area (Å²) in [6.07, 6.45) is 0. The van der Waals surface area contributed by atoms with Gasteiger partial charge in [-0.3, -0.25) is 4.90 Å². The van der Waals surface area contributed by atoms with Gasteiger partial charge in [0.05, 0.1) is 0 Å². The normalized spacial score (nSPS) is 16.5. The van der Waals surface area contributed by atoms with Crippen molar-refractivity contribution in [1.82, 2.24) is 4.90 Å². The van der Waals surface area contributed by atoms with Crippen molar-refractivity contribution in [3.8, 4) is 0 Å². The van der Waals surface area contributed by atoms with Crippen molar-refractivity contribution in [3.63, 3.8) is 0 Å². The molecule has 1 radical (unpaired) electrons. The number of likely N-dealkylation sites (N-methyl/N-ethyl adjacent to an activating group) is 1. The third-order valence-corrected chi connectivity index (χ3v) is 1.44. The molecule has 0 aromatic heterocycles. The Labute approximate surface area is 66.8 Å². The van der Waals surface area contributed by atoms with E-state index in [4.69, 9.17) is 9.84 Å². The summed E-state index contributed by atoms with van der Waals surface area (Å²) in [5.74, 6) is -1.08. The monoisotopic (exact) mass is 160 g/mol. The Bertz CT molecular complexity index is 147. The van der Waals surface area contributed by atoms with Crippen molar-refractivity contribution < 1.29 is 14.6 Å². The summed E-state index contributed by atoms with van der Waals surface area (Å²) in [6, 6.07) is 0. The Morgan fingerprint density at radius 2 is 2.18 bits per heavy atom. The van der Waals surface area contributed by atoms with Crippen LogP contribution in [-0.4, -0.2) is 42.4 Å². The van der Waals surface area contributed by atoms with Crippen molar-refractivity contribution in [1.29, 1.82) is 0 Å². The molecule has 0 saturated carbocycles. The lowest BCUT2D eigenvalue weighted by atomic mass is 10.2. The molecule has 1 unspecified atom stereocenters. The quantitative estimate of drug-likeness (QED) is 0.597. The predicted molar refractivity (Wildman–Crippen MR) is 41.0 cm³/mol. The smallest absolute Gasteiger partial charge is 0.351 e. The molecule has 0 aliphatic rings. The number of aliphatic carboxylic acids is 1. The van der Waals surface area contributed by atoms with Gasteiger partial charge < -0.3 is 9.84 Å². The molecule has 1 N–H and O–H groups in total. The minimum absolute atomic E-state index is 0.327. The highest BCUT2D eigenvalue weighted by atomic mass is 16.5. The van der Waals surface area contributed by atoms with E-state index in [1.54, 1.807) is 21.0 Å². The lowest BCUT2D eigenvalue weighted by Gasteiger charge is -2.30. The molecule has 0 saturated heterocycles. The molecule has 4 heteroatoms. The van der Waals surface area contributed by atoms with E-state index in [1.165, 1.54) is 4.90 Å². The average molecular weight is 160 g/mol.